The Kier molecular flexibility index (Phi) is 6.82. The first kappa shape index (κ1) is 19.4. The van der Waals surface area contributed by atoms with E-state index in [9.17, 15) is 4.79 Å². The lowest BCUT2D eigenvalue weighted by atomic mass is 10.2. The summed E-state index contributed by atoms with van der Waals surface area (Å²) in [6.07, 6.45) is 1.33. The maximum absolute atomic E-state index is 12.5. The van der Waals surface area contributed by atoms with E-state index >= 15 is 0 Å². The molecule has 0 aromatic heterocycles. The van der Waals surface area contributed by atoms with Crippen LogP contribution in [0.1, 0.15) is 12.8 Å². The molecule has 27 heavy (non-hydrogen) atoms. The number of rotatable bonds is 6. The molecule has 1 saturated heterocycles. The molecule has 1 fully saturated rings. The number of nitrogens with zero attached hydrogens (tertiary/aromatic N) is 2. The maximum Gasteiger partial charge on any atom is 0.226 e. The summed E-state index contributed by atoms with van der Waals surface area (Å²) < 4.78 is 10.9. The number of hydrogen-bond acceptors (Lipinski definition) is 4. The van der Waals surface area contributed by atoms with E-state index in [-0.39, 0.29) is 5.91 Å². The first-order valence-electron chi connectivity index (χ1n) is 9.21. The van der Waals surface area contributed by atoms with Crippen LogP contribution in [-0.4, -0.2) is 50.7 Å². The average molecular weight is 389 g/mol. The lowest BCUT2D eigenvalue weighted by Gasteiger charge is -2.24. The van der Waals surface area contributed by atoms with Gasteiger partial charge >= 0.3 is 0 Å². The van der Waals surface area contributed by atoms with Crippen LogP contribution in [0.4, 0.5) is 5.69 Å². The average Bonchev–Trinajstić information content (AvgIpc) is 2.96. The topological polar surface area (TPSA) is 42.0 Å². The molecular weight excluding hydrogens is 364 g/mol. The second-order valence-electron chi connectivity index (χ2n) is 6.47. The van der Waals surface area contributed by atoms with Gasteiger partial charge < -0.3 is 19.3 Å². The highest BCUT2D eigenvalue weighted by atomic mass is 35.5. The second-order valence-corrected chi connectivity index (χ2v) is 6.91. The molecule has 0 radical (unpaired) electrons. The van der Waals surface area contributed by atoms with Crippen LogP contribution in [0.2, 0.25) is 5.02 Å². The second kappa shape index (κ2) is 9.51. The summed E-state index contributed by atoms with van der Waals surface area (Å²) in [4.78, 5) is 16.8. The fourth-order valence-corrected chi connectivity index (χ4v) is 3.29. The SMILES string of the molecule is COc1ccc(N2CCCN(C(=O)CCOc3ccc(Cl)cc3)CC2)cc1. The van der Waals surface area contributed by atoms with Crippen molar-refractivity contribution in [3.63, 3.8) is 0 Å². The quantitative estimate of drug-likeness (QED) is 0.753. The van der Waals surface area contributed by atoms with Gasteiger partial charge in [-0.25, -0.2) is 0 Å². The molecule has 1 aliphatic rings. The van der Waals surface area contributed by atoms with E-state index in [2.05, 4.69) is 17.0 Å². The zero-order valence-electron chi connectivity index (χ0n) is 15.6. The normalized spacial score (nSPS) is 14.6. The Bertz CT molecular complexity index is 734. The summed E-state index contributed by atoms with van der Waals surface area (Å²) in [5.74, 6) is 1.72. The van der Waals surface area contributed by atoms with Crippen molar-refractivity contribution in [3.05, 3.63) is 53.6 Å². The maximum atomic E-state index is 12.5. The monoisotopic (exact) mass is 388 g/mol. The molecule has 144 valence electrons. The van der Waals surface area contributed by atoms with Gasteiger partial charge in [-0.1, -0.05) is 11.6 Å². The van der Waals surface area contributed by atoms with Crippen molar-refractivity contribution in [2.45, 2.75) is 12.8 Å². The molecule has 0 unspecified atom stereocenters. The number of carbonyl (C=O) groups excluding carboxylic acids is 1. The largest absolute Gasteiger partial charge is 0.497 e. The minimum atomic E-state index is 0.139. The lowest BCUT2D eigenvalue weighted by molar-refractivity contribution is -0.131. The summed E-state index contributed by atoms with van der Waals surface area (Å²) >= 11 is 5.86. The van der Waals surface area contributed by atoms with Crippen LogP contribution < -0.4 is 14.4 Å². The number of hydrogen-bond donors (Lipinski definition) is 0. The first-order valence-corrected chi connectivity index (χ1v) is 9.58. The van der Waals surface area contributed by atoms with Crippen molar-refractivity contribution in [2.75, 3.05) is 44.8 Å². The van der Waals surface area contributed by atoms with E-state index in [0.29, 0.717) is 18.1 Å². The minimum absolute atomic E-state index is 0.139. The molecule has 0 N–H and O–H groups in total. The summed E-state index contributed by atoms with van der Waals surface area (Å²) in [6, 6.07) is 15.3. The minimum Gasteiger partial charge on any atom is -0.497 e. The van der Waals surface area contributed by atoms with Crippen molar-refractivity contribution < 1.29 is 14.3 Å². The Balaban J connectivity index is 1.46. The molecule has 0 atom stereocenters. The molecule has 0 spiro atoms. The molecule has 0 saturated carbocycles. The molecule has 3 rings (SSSR count). The summed E-state index contributed by atoms with van der Waals surface area (Å²) in [5.41, 5.74) is 1.16. The number of halogens is 1. The third kappa shape index (κ3) is 5.54. The van der Waals surface area contributed by atoms with Gasteiger partial charge in [0.1, 0.15) is 11.5 Å². The molecule has 1 amide bonds. The zero-order chi connectivity index (χ0) is 19.1. The van der Waals surface area contributed by atoms with Crippen molar-refractivity contribution in [1.82, 2.24) is 4.90 Å². The van der Waals surface area contributed by atoms with Crippen LogP contribution in [-0.2, 0) is 4.79 Å². The smallest absolute Gasteiger partial charge is 0.226 e. The highest BCUT2D eigenvalue weighted by molar-refractivity contribution is 6.30. The van der Waals surface area contributed by atoms with Crippen LogP contribution in [0.5, 0.6) is 11.5 Å². The summed E-state index contributed by atoms with van der Waals surface area (Å²) in [5, 5.41) is 0.671. The highest BCUT2D eigenvalue weighted by Gasteiger charge is 2.19. The van der Waals surface area contributed by atoms with Crippen molar-refractivity contribution in [3.8, 4) is 11.5 Å². The molecule has 2 aromatic rings. The summed E-state index contributed by atoms with van der Waals surface area (Å²) in [7, 11) is 1.67. The van der Waals surface area contributed by atoms with E-state index in [1.54, 1.807) is 19.2 Å². The number of carbonyl (C=O) groups is 1. The fraction of sp³-hybridized carbons (Fsp3) is 0.381. The van der Waals surface area contributed by atoms with Gasteiger partial charge in [0.05, 0.1) is 20.1 Å². The predicted molar refractivity (Wildman–Crippen MR) is 108 cm³/mol. The van der Waals surface area contributed by atoms with Crippen LogP contribution >= 0.6 is 11.6 Å². The Hall–Kier alpha value is -2.40. The van der Waals surface area contributed by atoms with Crippen LogP contribution in [0.25, 0.3) is 0 Å². The third-order valence-electron chi connectivity index (χ3n) is 4.68. The molecule has 1 aliphatic heterocycles. The number of benzene rings is 2. The Labute approximate surface area is 165 Å². The van der Waals surface area contributed by atoms with Gasteiger partial charge in [0.15, 0.2) is 0 Å². The molecule has 6 heteroatoms. The van der Waals surface area contributed by atoms with Crippen LogP contribution in [0.15, 0.2) is 48.5 Å². The first-order chi connectivity index (χ1) is 13.2. The molecule has 1 heterocycles. The number of amides is 1. The Morgan fingerprint density at radius 3 is 2.37 bits per heavy atom. The van der Waals surface area contributed by atoms with Gasteiger partial charge in [-0.2, -0.15) is 0 Å². The van der Waals surface area contributed by atoms with Gasteiger partial charge in [0.2, 0.25) is 5.91 Å². The molecule has 0 aliphatic carbocycles. The number of anilines is 1. The van der Waals surface area contributed by atoms with Gasteiger partial charge in [0.25, 0.3) is 0 Å². The Morgan fingerprint density at radius 1 is 0.963 bits per heavy atom. The van der Waals surface area contributed by atoms with Crippen LogP contribution in [0.3, 0.4) is 0 Å². The standard InChI is InChI=1S/C21H25ClN2O3/c1-26-19-9-5-18(6-10-19)23-12-2-13-24(15-14-23)21(25)11-16-27-20-7-3-17(22)4-8-20/h3-10H,2,11-16H2,1H3. The van der Waals surface area contributed by atoms with Gasteiger partial charge in [-0.05, 0) is 55.0 Å². The predicted octanol–water partition coefficient (Wildman–Crippen LogP) is 3.86. The molecule has 2 aromatic carbocycles. The van der Waals surface area contributed by atoms with Crippen LogP contribution in [0, 0.1) is 0 Å². The van der Waals surface area contributed by atoms with E-state index < -0.39 is 0 Å². The molecule has 5 nitrogen and oxygen atoms in total. The number of methoxy groups -OCH3 is 1. The van der Waals surface area contributed by atoms with Gasteiger partial charge in [0, 0.05) is 36.9 Å². The van der Waals surface area contributed by atoms with Gasteiger partial charge in [-0.3, -0.25) is 4.79 Å². The zero-order valence-corrected chi connectivity index (χ0v) is 16.3. The van der Waals surface area contributed by atoms with Crippen molar-refractivity contribution in [2.24, 2.45) is 0 Å². The Morgan fingerprint density at radius 2 is 1.67 bits per heavy atom. The van der Waals surface area contributed by atoms with E-state index in [0.717, 1.165) is 49.8 Å². The molecular formula is C21H25ClN2O3. The van der Waals surface area contributed by atoms with E-state index in [1.165, 1.54) is 0 Å². The van der Waals surface area contributed by atoms with E-state index in [1.807, 2.05) is 29.2 Å². The molecule has 0 bridgehead atoms. The van der Waals surface area contributed by atoms with E-state index in [4.69, 9.17) is 21.1 Å². The third-order valence-corrected chi connectivity index (χ3v) is 4.94. The summed E-state index contributed by atoms with van der Waals surface area (Å²) in [6.45, 7) is 3.66. The highest BCUT2D eigenvalue weighted by Crippen LogP contribution is 2.21. The lowest BCUT2D eigenvalue weighted by Crippen LogP contribution is -2.35. The van der Waals surface area contributed by atoms with Crippen molar-refractivity contribution >= 4 is 23.2 Å². The number of ether oxygens (including phenoxy) is 2. The fourth-order valence-electron chi connectivity index (χ4n) is 3.16. The van der Waals surface area contributed by atoms with Crippen molar-refractivity contribution in [1.29, 1.82) is 0 Å². The van der Waals surface area contributed by atoms with Gasteiger partial charge in [-0.15, -0.1) is 0 Å².